The summed E-state index contributed by atoms with van der Waals surface area (Å²) in [4.78, 5) is 20.3. The lowest BCUT2D eigenvalue weighted by Crippen LogP contribution is -2.04. The van der Waals surface area contributed by atoms with Crippen LogP contribution in [0.2, 0.25) is 0 Å². The number of carbonyl (C=O) groups excluding carboxylic acids is 1. The van der Waals surface area contributed by atoms with E-state index in [4.69, 9.17) is 9.47 Å². The van der Waals surface area contributed by atoms with Crippen LogP contribution < -0.4 is 10.1 Å². The summed E-state index contributed by atoms with van der Waals surface area (Å²) in [5.74, 6) is 0.377. The van der Waals surface area contributed by atoms with Gasteiger partial charge in [0.1, 0.15) is 5.75 Å². The molecule has 0 unspecified atom stereocenters. The monoisotopic (exact) mass is 335 g/mol. The summed E-state index contributed by atoms with van der Waals surface area (Å²) in [5.41, 5.74) is 1.19. The van der Waals surface area contributed by atoms with Crippen molar-refractivity contribution in [2.75, 3.05) is 19.0 Å². The second-order valence-corrected chi connectivity index (χ2v) is 6.12. The molecule has 8 heteroatoms. The third-order valence-corrected chi connectivity index (χ3v) is 4.49. The van der Waals surface area contributed by atoms with Gasteiger partial charge in [0.25, 0.3) is 0 Å². The Morgan fingerprint density at radius 2 is 2.18 bits per heavy atom. The predicted octanol–water partition coefficient (Wildman–Crippen LogP) is 3.68. The number of thiazole rings is 2. The minimum absolute atomic E-state index is 0.303. The number of methoxy groups -OCH3 is 1. The Morgan fingerprint density at radius 3 is 2.95 bits per heavy atom. The average molecular weight is 335 g/mol. The molecule has 2 aromatic heterocycles. The van der Waals surface area contributed by atoms with Crippen LogP contribution in [0, 0.1) is 0 Å². The van der Waals surface area contributed by atoms with Crippen LogP contribution in [-0.2, 0) is 4.74 Å². The maximum Gasteiger partial charge on any atom is 0.357 e. The zero-order valence-electron chi connectivity index (χ0n) is 12.0. The predicted molar refractivity (Wildman–Crippen MR) is 87.5 cm³/mol. The van der Waals surface area contributed by atoms with Crippen molar-refractivity contribution in [3.8, 4) is 5.75 Å². The summed E-state index contributed by atoms with van der Waals surface area (Å²) >= 11 is 2.83. The van der Waals surface area contributed by atoms with Crippen LogP contribution in [0.5, 0.6) is 5.75 Å². The van der Waals surface area contributed by atoms with E-state index in [1.807, 2.05) is 18.2 Å². The van der Waals surface area contributed by atoms with Gasteiger partial charge in [-0.15, -0.1) is 11.3 Å². The summed E-state index contributed by atoms with van der Waals surface area (Å²) in [5, 5.41) is 6.10. The Morgan fingerprint density at radius 1 is 1.32 bits per heavy atom. The highest BCUT2D eigenvalue weighted by molar-refractivity contribution is 7.22. The lowest BCUT2D eigenvalue weighted by Gasteiger charge is -1.97. The van der Waals surface area contributed by atoms with E-state index >= 15 is 0 Å². The van der Waals surface area contributed by atoms with E-state index in [1.54, 1.807) is 19.4 Å². The van der Waals surface area contributed by atoms with Crippen molar-refractivity contribution in [2.45, 2.75) is 6.92 Å². The van der Waals surface area contributed by atoms with Gasteiger partial charge in [-0.25, -0.2) is 14.8 Å². The Labute approximate surface area is 134 Å². The summed E-state index contributed by atoms with van der Waals surface area (Å²) in [7, 11) is 1.63. The van der Waals surface area contributed by atoms with E-state index in [2.05, 4.69) is 15.3 Å². The van der Waals surface area contributed by atoms with Crippen molar-refractivity contribution in [2.24, 2.45) is 0 Å². The third-order valence-electron chi connectivity index (χ3n) is 2.80. The van der Waals surface area contributed by atoms with Crippen LogP contribution in [0.15, 0.2) is 23.6 Å². The number of benzene rings is 1. The normalized spacial score (nSPS) is 10.6. The number of nitrogens with one attached hydrogen (secondary N) is 1. The zero-order valence-corrected chi connectivity index (χ0v) is 13.6. The molecule has 3 aromatic rings. The number of hydrogen-bond acceptors (Lipinski definition) is 8. The summed E-state index contributed by atoms with van der Waals surface area (Å²) in [6.45, 7) is 2.09. The van der Waals surface area contributed by atoms with Crippen molar-refractivity contribution in [3.05, 3.63) is 29.3 Å². The second kappa shape index (κ2) is 6.29. The fourth-order valence-electron chi connectivity index (χ4n) is 1.81. The van der Waals surface area contributed by atoms with Crippen molar-refractivity contribution < 1.29 is 14.3 Å². The molecule has 114 valence electrons. The Balaban J connectivity index is 1.79. The molecule has 0 bridgehead atoms. The lowest BCUT2D eigenvalue weighted by molar-refractivity contribution is 0.0520. The van der Waals surface area contributed by atoms with Crippen LogP contribution in [-0.4, -0.2) is 29.7 Å². The van der Waals surface area contributed by atoms with Crippen LogP contribution in [0.4, 0.5) is 10.3 Å². The molecule has 0 saturated heterocycles. The number of anilines is 2. The van der Waals surface area contributed by atoms with Crippen molar-refractivity contribution in [1.29, 1.82) is 0 Å². The quantitative estimate of drug-likeness (QED) is 0.717. The van der Waals surface area contributed by atoms with Crippen molar-refractivity contribution in [3.63, 3.8) is 0 Å². The number of nitrogens with zero attached hydrogens (tertiary/aromatic N) is 2. The molecular weight excluding hydrogens is 322 g/mol. The SMILES string of the molecule is CCOC(=O)c1csc(Nc2nc3ccc(OC)cc3s2)n1. The number of rotatable bonds is 5. The summed E-state index contributed by atoms with van der Waals surface area (Å²) in [6, 6.07) is 5.71. The molecule has 0 atom stereocenters. The van der Waals surface area contributed by atoms with Gasteiger partial charge in [0.2, 0.25) is 0 Å². The van der Waals surface area contributed by atoms with Gasteiger partial charge in [-0.1, -0.05) is 11.3 Å². The number of fused-ring (bicyclic) bond motifs is 1. The molecule has 1 aromatic carbocycles. The van der Waals surface area contributed by atoms with E-state index < -0.39 is 5.97 Å². The molecule has 0 aliphatic carbocycles. The van der Waals surface area contributed by atoms with Gasteiger partial charge in [0.05, 0.1) is 23.9 Å². The number of carbonyl (C=O) groups is 1. The topological polar surface area (TPSA) is 73.3 Å². The molecule has 0 aliphatic rings. The average Bonchev–Trinajstić information content (AvgIpc) is 3.13. The van der Waals surface area contributed by atoms with Gasteiger partial charge in [-0.05, 0) is 25.1 Å². The van der Waals surface area contributed by atoms with Crippen molar-refractivity contribution in [1.82, 2.24) is 9.97 Å². The molecular formula is C14H13N3O3S2. The first-order valence-electron chi connectivity index (χ1n) is 6.54. The fourth-order valence-corrected chi connectivity index (χ4v) is 3.44. The first-order valence-corrected chi connectivity index (χ1v) is 8.23. The molecule has 0 saturated carbocycles. The summed E-state index contributed by atoms with van der Waals surface area (Å²) in [6.07, 6.45) is 0. The molecule has 22 heavy (non-hydrogen) atoms. The highest BCUT2D eigenvalue weighted by atomic mass is 32.1. The van der Waals surface area contributed by atoms with E-state index in [9.17, 15) is 4.79 Å². The number of esters is 1. The molecule has 6 nitrogen and oxygen atoms in total. The van der Waals surface area contributed by atoms with Crippen LogP contribution in [0.1, 0.15) is 17.4 Å². The Hall–Kier alpha value is -2.19. The Bertz CT molecular complexity index is 813. The van der Waals surface area contributed by atoms with Gasteiger partial charge in [-0.3, -0.25) is 0 Å². The van der Waals surface area contributed by atoms with Crippen LogP contribution in [0.25, 0.3) is 10.2 Å². The molecule has 1 N–H and O–H groups in total. The van der Waals surface area contributed by atoms with Gasteiger partial charge >= 0.3 is 5.97 Å². The highest BCUT2D eigenvalue weighted by Crippen LogP contribution is 2.31. The molecule has 0 radical (unpaired) electrons. The fraction of sp³-hybridized carbons (Fsp3) is 0.214. The van der Waals surface area contributed by atoms with Gasteiger partial charge in [-0.2, -0.15) is 0 Å². The largest absolute Gasteiger partial charge is 0.497 e. The van der Waals surface area contributed by atoms with E-state index in [0.29, 0.717) is 22.6 Å². The molecule has 0 fully saturated rings. The lowest BCUT2D eigenvalue weighted by atomic mass is 10.3. The smallest absolute Gasteiger partial charge is 0.357 e. The standard InChI is InChI=1S/C14H13N3O3S2/c1-3-20-12(18)10-7-21-13(16-10)17-14-15-9-5-4-8(19-2)6-11(9)22-14/h4-7H,3H2,1-2H3,(H,15,16,17). The molecule has 3 rings (SSSR count). The maximum atomic E-state index is 11.6. The van der Waals surface area contributed by atoms with E-state index in [1.165, 1.54) is 22.7 Å². The van der Waals surface area contributed by atoms with Crippen molar-refractivity contribution >= 4 is 49.1 Å². The minimum atomic E-state index is -0.416. The molecule has 0 spiro atoms. The first kappa shape index (κ1) is 14.7. The number of hydrogen-bond donors (Lipinski definition) is 1. The third kappa shape index (κ3) is 3.02. The van der Waals surface area contributed by atoms with Gasteiger partial charge < -0.3 is 14.8 Å². The highest BCUT2D eigenvalue weighted by Gasteiger charge is 2.13. The molecule has 0 amide bonds. The molecule has 2 heterocycles. The second-order valence-electron chi connectivity index (χ2n) is 4.24. The zero-order chi connectivity index (χ0) is 15.5. The van der Waals surface area contributed by atoms with Crippen LogP contribution >= 0.6 is 22.7 Å². The van der Waals surface area contributed by atoms with Gasteiger partial charge in [0.15, 0.2) is 16.0 Å². The number of aromatic nitrogens is 2. The summed E-state index contributed by atoms with van der Waals surface area (Å²) < 4.78 is 11.1. The van der Waals surface area contributed by atoms with E-state index in [-0.39, 0.29) is 0 Å². The van der Waals surface area contributed by atoms with E-state index in [0.717, 1.165) is 16.0 Å². The van der Waals surface area contributed by atoms with Crippen LogP contribution in [0.3, 0.4) is 0 Å². The molecule has 0 aliphatic heterocycles. The van der Waals surface area contributed by atoms with Gasteiger partial charge in [0, 0.05) is 5.38 Å². The minimum Gasteiger partial charge on any atom is -0.497 e. The number of ether oxygens (including phenoxy) is 2. The first-order chi connectivity index (χ1) is 10.7. The Kier molecular flexibility index (Phi) is 4.21. The maximum absolute atomic E-state index is 11.6.